The molecule has 0 unspecified atom stereocenters. The molecule has 0 spiro atoms. The zero-order valence-corrected chi connectivity index (χ0v) is 19.6. The highest BCUT2D eigenvalue weighted by Gasteiger charge is 2.22. The van der Waals surface area contributed by atoms with Crippen LogP contribution in [0.4, 0.5) is 20.9 Å². The van der Waals surface area contributed by atoms with Gasteiger partial charge in [-0.2, -0.15) is 0 Å². The van der Waals surface area contributed by atoms with E-state index in [1.165, 1.54) is 52.0 Å². The highest BCUT2D eigenvalue weighted by atomic mass is 32.1. The number of anilines is 3. The summed E-state index contributed by atoms with van der Waals surface area (Å²) in [6.07, 6.45) is 0. The van der Waals surface area contributed by atoms with Crippen molar-refractivity contribution in [2.75, 3.05) is 22.5 Å². The van der Waals surface area contributed by atoms with Gasteiger partial charge in [-0.15, -0.1) is 16.4 Å². The number of hydrogen-bond donors (Lipinski definition) is 2. The number of benzene rings is 3. The summed E-state index contributed by atoms with van der Waals surface area (Å²) >= 11 is 2.59. The van der Waals surface area contributed by atoms with Gasteiger partial charge in [0.2, 0.25) is 5.91 Å². The van der Waals surface area contributed by atoms with Crippen LogP contribution < -0.4 is 16.0 Å². The largest absolute Gasteiger partial charge is 0.375 e. The Kier molecular flexibility index (Phi) is 6.17. The molecule has 11 heteroatoms. The Morgan fingerprint density at radius 3 is 2.51 bits per heavy atom. The number of carbonyl (C=O) groups excluding carboxylic acids is 2. The number of nitrogens with zero attached hydrogens (tertiary/aromatic N) is 4. The van der Waals surface area contributed by atoms with Gasteiger partial charge in [-0.3, -0.25) is 14.5 Å². The summed E-state index contributed by atoms with van der Waals surface area (Å²) in [4.78, 5) is 31.8. The van der Waals surface area contributed by atoms with Crippen LogP contribution >= 0.6 is 22.9 Å². The van der Waals surface area contributed by atoms with Crippen LogP contribution in [0.5, 0.6) is 0 Å². The van der Waals surface area contributed by atoms with Crippen LogP contribution in [0.15, 0.2) is 72.1 Å². The second kappa shape index (κ2) is 9.57. The molecule has 5 rings (SSSR count). The predicted octanol–water partition coefficient (Wildman–Crippen LogP) is 4.82. The Morgan fingerprint density at radius 1 is 1.03 bits per heavy atom. The summed E-state index contributed by atoms with van der Waals surface area (Å²) in [5, 5.41) is 9.21. The quantitative estimate of drug-likeness (QED) is 0.343. The standard InChI is InChI=1S/C24H17FN6O2S2/c25-16-5-1-15(2-6-16)23(33)31(18-9-10-21-19(11-18)29-30-35-21)12-22(32)27-17-7-3-14(4-8-17)20-13-34-24(26)28-20/h1-11,13H,12H2,(H2,26,28)(H,27,32). The van der Waals surface area contributed by atoms with E-state index in [4.69, 9.17) is 5.73 Å². The molecule has 8 nitrogen and oxygen atoms in total. The normalized spacial score (nSPS) is 10.9. The topological polar surface area (TPSA) is 114 Å². The molecule has 2 amide bonds. The second-order valence-electron chi connectivity index (χ2n) is 7.52. The predicted molar refractivity (Wildman–Crippen MR) is 136 cm³/mol. The number of fused-ring (bicyclic) bond motifs is 1. The monoisotopic (exact) mass is 504 g/mol. The molecule has 35 heavy (non-hydrogen) atoms. The third-order valence-electron chi connectivity index (χ3n) is 5.17. The van der Waals surface area contributed by atoms with Crippen LogP contribution in [-0.4, -0.2) is 32.9 Å². The van der Waals surface area contributed by atoms with Gasteiger partial charge in [-0.25, -0.2) is 9.37 Å². The van der Waals surface area contributed by atoms with E-state index < -0.39 is 17.6 Å². The maximum Gasteiger partial charge on any atom is 0.258 e. The van der Waals surface area contributed by atoms with E-state index in [0.29, 0.717) is 22.0 Å². The van der Waals surface area contributed by atoms with Crippen LogP contribution in [0.1, 0.15) is 10.4 Å². The van der Waals surface area contributed by atoms with Gasteiger partial charge in [0.15, 0.2) is 5.13 Å². The number of nitrogen functional groups attached to an aromatic ring is 1. The Labute approximate surface area is 207 Å². The van der Waals surface area contributed by atoms with Gasteiger partial charge in [0, 0.05) is 27.9 Å². The van der Waals surface area contributed by atoms with Gasteiger partial charge < -0.3 is 11.1 Å². The van der Waals surface area contributed by atoms with E-state index in [9.17, 15) is 14.0 Å². The van der Waals surface area contributed by atoms with E-state index in [1.54, 1.807) is 30.3 Å². The molecule has 0 saturated heterocycles. The number of hydrogen-bond acceptors (Lipinski definition) is 8. The molecular weight excluding hydrogens is 487 g/mol. The maximum absolute atomic E-state index is 13.4. The van der Waals surface area contributed by atoms with Crippen LogP contribution in [0.25, 0.3) is 21.5 Å². The minimum absolute atomic E-state index is 0.252. The van der Waals surface area contributed by atoms with E-state index in [-0.39, 0.29) is 12.1 Å². The minimum Gasteiger partial charge on any atom is -0.375 e. The zero-order chi connectivity index (χ0) is 24.4. The number of aromatic nitrogens is 3. The lowest BCUT2D eigenvalue weighted by Crippen LogP contribution is -2.38. The third kappa shape index (κ3) is 5.00. The molecule has 0 aliphatic heterocycles. The van der Waals surface area contributed by atoms with Crippen molar-refractivity contribution in [1.82, 2.24) is 14.6 Å². The number of thiazole rings is 1. The zero-order valence-electron chi connectivity index (χ0n) is 18.0. The van der Waals surface area contributed by atoms with Crippen molar-refractivity contribution < 1.29 is 14.0 Å². The first kappa shape index (κ1) is 22.6. The lowest BCUT2D eigenvalue weighted by atomic mass is 10.1. The molecule has 0 saturated carbocycles. The van der Waals surface area contributed by atoms with Crippen molar-refractivity contribution in [3.8, 4) is 11.3 Å². The molecule has 5 aromatic rings. The summed E-state index contributed by atoms with van der Waals surface area (Å²) < 4.78 is 18.2. The molecule has 0 bridgehead atoms. The molecule has 3 aromatic carbocycles. The summed E-state index contributed by atoms with van der Waals surface area (Å²) in [6.45, 7) is -0.260. The van der Waals surface area contributed by atoms with Gasteiger partial charge in [-0.1, -0.05) is 16.6 Å². The van der Waals surface area contributed by atoms with Crippen LogP contribution in [0, 0.1) is 5.82 Å². The van der Waals surface area contributed by atoms with Gasteiger partial charge in [0.05, 0.1) is 10.4 Å². The van der Waals surface area contributed by atoms with Crippen molar-refractivity contribution in [2.45, 2.75) is 0 Å². The molecule has 2 heterocycles. The van der Waals surface area contributed by atoms with E-state index >= 15 is 0 Å². The minimum atomic E-state index is -0.454. The fraction of sp³-hybridized carbons (Fsp3) is 0.0417. The number of nitrogens with one attached hydrogen (secondary N) is 1. The molecule has 0 aliphatic rings. The number of amides is 2. The van der Waals surface area contributed by atoms with Crippen LogP contribution in [0.3, 0.4) is 0 Å². The average molecular weight is 505 g/mol. The average Bonchev–Trinajstić information content (AvgIpc) is 3.51. The molecule has 2 aromatic heterocycles. The van der Waals surface area contributed by atoms with E-state index in [2.05, 4.69) is 19.9 Å². The fourth-order valence-corrected chi connectivity index (χ4v) is 4.57. The van der Waals surface area contributed by atoms with Gasteiger partial charge in [0.25, 0.3) is 5.91 Å². The van der Waals surface area contributed by atoms with Gasteiger partial charge in [0.1, 0.15) is 17.9 Å². The number of carbonyl (C=O) groups is 2. The van der Waals surface area contributed by atoms with Crippen LogP contribution in [0.2, 0.25) is 0 Å². The highest BCUT2D eigenvalue weighted by Crippen LogP contribution is 2.26. The number of rotatable bonds is 6. The lowest BCUT2D eigenvalue weighted by molar-refractivity contribution is -0.114. The smallest absolute Gasteiger partial charge is 0.258 e. The molecule has 3 N–H and O–H groups in total. The van der Waals surface area contributed by atoms with Crippen molar-refractivity contribution in [3.05, 3.63) is 83.5 Å². The first-order valence-corrected chi connectivity index (χ1v) is 12.0. The maximum atomic E-state index is 13.4. The van der Waals surface area contributed by atoms with Crippen molar-refractivity contribution in [2.24, 2.45) is 0 Å². The molecule has 0 atom stereocenters. The third-order valence-corrected chi connectivity index (χ3v) is 6.55. The van der Waals surface area contributed by atoms with Gasteiger partial charge >= 0.3 is 0 Å². The first-order chi connectivity index (χ1) is 17.0. The SMILES string of the molecule is Nc1nc(-c2ccc(NC(=O)CN(C(=O)c3ccc(F)cc3)c3ccc4snnc4c3)cc2)cs1. The lowest BCUT2D eigenvalue weighted by Gasteiger charge is -2.22. The highest BCUT2D eigenvalue weighted by molar-refractivity contribution is 7.13. The molecule has 0 radical (unpaired) electrons. The summed E-state index contributed by atoms with van der Waals surface area (Å²) in [6, 6.07) is 17.6. The number of halogens is 1. The van der Waals surface area contributed by atoms with E-state index in [1.807, 2.05) is 17.5 Å². The van der Waals surface area contributed by atoms with Crippen molar-refractivity contribution >= 4 is 61.4 Å². The number of nitrogens with two attached hydrogens (primary N) is 1. The molecule has 174 valence electrons. The Hall–Kier alpha value is -4.22. The van der Waals surface area contributed by atoms with Crippen molar-refractivity contribution in [1.29, 1.82) is 0 Å². The summed E-state index contributed by atoms with van der Waals surface area (Å²) in [5.41, 5.74) is 9.23. The van der Waals surface area contributed by atoms with Crippen LogP contribution in [-0.2, 0) is 4.79 Å². The summed E-state index contributed by atoms with van der Waals surface area (Å²) in [5.74, 6) is -1.30. The Balaban J connectivity index is 1.37. The Bertz CT molecular complexity index is 1520. The molecule has 0 aliphatic carbocycles. The van der Waals surface area contributed by atoms with E-state index in [0.717, 1.165) is 16.0 Å². The molecule has 0 fully saturated rings. The molecular formula is C24H17FN6O2S2. The fourth-order valence-electron chi connectivity index (χ4n) is 3.45. The first-order valence-electron chi connectivity index (χ1n) is 10.4. The summed E-state index contributed by atoms with van der Waals surface area (Å²) in [7, 11) is 0. The Morgan fingerprint density at radius 2 is 1.80 bits per heavy atom. The van der Waals surface area contributed by atoms with Crippen molar-refractivity contribution in [3.63, 3.8) is 0 Å². The second-order valence-corrected chi connectivity index (χ2v) is 9.20. The van der Waals surface area contributed by atoms with Gasteiger partial charge in [-0.05, 0) is 66.1 Å².